The molecule has 0 rings (SSSR count). The van der Waals surface area contributed by atoms with E-state index in [1.165, 1.54) is 0 Å². The Morgan fingerprint density at radius 1 is 1.75 bits per heavy atom. The van der Waals surface area contributed by atoms with Crippen molar-refractivity contribution in [1.29, 1.82) is 0 Å². The molecule has 0 saturated carbocycles. The van der Waals surface area contributed by atoms with Crippen molar-refractivity contribution in [1.82, 2.24) is 0 Å². The summed E-state index contributed by atoms with van der Waals surface area (Å²) in [4.78, 5) is 0. The second-order valence-corrected chi connectivity index (χ2v) is 3.12. The van der Waals surface area contributed by atoms with Crippen LogP contribution in [0.1, 0.15) is 6.92 Å². The van der Waals surface area contributed by atoms with Gasteiger partial charge in [0, 0.05) is 5.33 Å². The van der Waals surface area contributed by atoms with Gasteiger partial charge in [-0.3, -0.25) is 0 Å². The van der Waals surface area contributed by atoms with Gasteiger partial charge in [-0.2, -0.15) is 0 Å². The van der Waals surface area contributed by atoms with Crippen LogP contribution < -0.4 is 0 Å². The first-order valence-electron chi connectivity index (χ1n) is 2.13. The zero-order chi connectivity index (χ0) is 6.99. The Kier molecular flexibility index (Phi) is 14.7. The molecular formula is C6H10Br2. The van der Waals surface area contributed by atoms with Gasteiger partial charge in [0.25, 0.3) is 0 Å². The second kappa shape index (κ2) is 10.4. The van der Waals surface area contributed by atoms with Gasteiger partial charge >= 0.3 is 0 Å². The number of alkyl halides is 1. The van der Waals surface area contributed by atoms with E-state index in [2.05, 4.69) is 45.0 Å². The first-order chi connectivity index (χ1) is 3.65. The van der Waals surface area contributed by atoms with Crippen LogP contribution in [0, 0.1) is 0 Å². The van der Waals surface area contributed by atoms with Crippen LogP contribution >= 0.6 is 31.9 Å². The van der Waals surface area contributed by atoms with Crippen molar-refractivity contribution in [2.45, 2.75) is 6.92 Å². The van der Waals surface area contributed by atoms with E-state index in [4.69, 9.17) is 0 Å². The van der Waals surface area contributed by atoms with Crippen molar-refractivity contribution in [2.75, 3.05) is 5.33 Å². The summed E-state index contributed by atoms with van der Waals surface area (Å²) in [6.45, 7) is 8.79. The fourth-order valence-corrected chi connectivity index (χ4v) is 0. The molecule has 8 heavy (non-hydrogen) atoms. The molecule has 0 saturated heterocycles. The summed E-state index contributed by atoms with van der Waals surface area (Å²) in [6, 6.07) is 0. The van der Waals surface area contributed by atoms with E-state index < -0.39 is 0 Å². The zero-order valence-electron chi connectivity index (χ0n) is 4.95. The van der Waals surface area contributed by atoms with Crippen molar-refractivity contribution in [3.8, 4) is 0 Å². The number of hydrogen-bond acceptors (Lipinski definition) is 0. The molecule has 0 radical (unpaired) electrons. The summed E-state index contributed by atoms with van der Waals surface area (Å²) in [5.74, 6) is 0. The molecular weight excluding hydrogens is 232 g/mol. The minimum Gasteiger partial charge on any atom is -0.102 e. The maximum atomic E-state index is 3.47. The summed E-state index contributed by atoms with van der Waals surface area (Å²) in [7, 11) is 0. The Morgan fingerprint density at radius 2 is 1.88 bits per heavy atom. The molecule has 0 fully saturated rings. The summed E-state index contributed by atoms with van der Waals surface area (Å²) in [5, 5.41) is 0.896. The zero-order valence-corrected chi connectivity index (χ0v) is 8.13. The van der Waals surface area contributed by atoms with Crippen LogP contribution in [0.25, 0.3) is 0 Å². The van der Waals surface area contributed by atoms with Crippen LogP contribution in [-0.2, 0) is 0 Å². The molecule has 0 amide bonds. The Balaban J connectivity index is 0. The van der Waals surface area contributed by atoms with Gasteiger partial charge in [-0.25, -0.2) is 0 Å². The van der Waals surface area contributed by atoms with Gasteiger partial charge in [0.1, 0.15) is 0 Å². The van der Waals surface area contributed by atoms with E-state index in [1.807, 2.05) is 6.92 Å². The van der Waals surface area contributed by atoms with E-state index in [0.717, 1.165) is 9.81 Å². The average molecular weight is 242 g/mol. The number of allylic oxidation sites excluding steroid dienone is 2. The van der Waals surface area contributed by atoms with E-state index in [-0.39, 0.29) is 0 Å². The van der Waals surface area contributed by atoms with Gasteiger partial charge < -0.3 is 0 Å². The highest BCUT2D eigenvalue weighted by Gasteiger charge is 1.55. The Hall–Kier alpha value is 0.440. The van der Waals surface area contributed by atoms with E-state index in [9.17, 15) is 0 Å². The molecule has 0 nitrogen and oxygen atoms in total. The third kappa shape index (κ3) is 91.9. The van der Waals surface area contributed by atoms with Crippen LogP contribution in [0.4, 0.5) is 0 Å². The summed E-state index contributed by atoms with van der Waals surface area (Å²) < 4.78 is 0.979. The van der Waals surface area contributed by atoms with Crippen LogP contribution in [0.15, 0.2) is 23.7 Å². The number of hydrogen-bond donors (Lipinski definition) is 0. The summed E-state index contributed by atoms with van der Waals surface area (Å²) >= 11 is 6.21. The first kappa shape index (κ1) is 11.3. The molecule has 0 aliphatic heterocycles. The molecule has 0 aromatic carbocycles. The molecule has 0 aliphatic carbocycles. The molecule has 2 heteroatoms. The lowest BCUT2D eigenvalue weighted by molar-refractivity contribution is 1.75. The Bertz CT molecular complexity index is 62.9. The SMILES string of the molecule is C=C(C)Br.C=CCBr. The van der Waals surface area contributed by atoms with Crippen molar-refractivity contribution < 1.29 is 0 Å². The summed E-state index contributed by atoms with van der Waals surface area (Å²) in [5.41, 5.74) is 0. The van der Waals surface area contributed by atoms with Gasteiger partial charge in [0.15, 0.2) is 0 Å². The molecule has 0 aliphatic rings. The first-order valence-corrected chi connectivity index (χ1v) is 4.04. The minimum atomic E-state index is 0.896. The normalized spacial score (nSPS) is 6.38. The van der Waals surface area contributed by atoms with Crippen LogP contribution in [0.5, 0.6) is 0 Å². The largest absolute Gasteiger partial charge is 0.102 e. The predicted octanol–water partition coefficient (Wildman–Crippen LogP) is 3.48. The molecule has 0 heterocycles. The third-order valence-corrected chi connectivity index (χ3v) is 0.567. The van der Waals surface area contributed by atoms with E-state index in [1.54, 1.807) is 6.08 Å². The van der Waals surface area contributed by atoms with Crippen LogP contribution in [0.3, 0.4) is 0 Å². The van der Waals surface area contributed by atoms with Gasteiger partial charge in [-0.15, -0.1) is 6.58 Å². The Morgan fingerprint density at radius 3 is 1.88 bits per heavy atom. The molecule has 48 valence electrons. The molecule has 0 aromatic heterocycles. The van der Waals surface area contributed by atoms with E-state index >= 15 is 0 Å². The molecule has 0 aromatic rings. The maximum absolute atomic E-state index is 3.47. The number of halogens is 2. The molecule has 0 spiro atoms. The molecule has 0 atom stereocenters. The molecule has 0 unspecified atom stereocenters. The second-order valence-electron chi connectivity index (χ2n) is 1.12. The monoisotopic (exact) mass is 240 g/mol. The lowest BCUT2D eigenvalue weighted by Gasteiger charge is -1.61. The fourth-order valence-electron chi connectivity index (χ4n) is 0. The lowest BCUT2D eigenvalue weighted by Crippen LogP contribution is -1.43. The van der Waals surface area contributed by atoms with Crippen molar-refractivity contribution in [2.24, 2.45) is 0 Å². The maximum Gasteiger partial charge on any atom is 0.0209 e. The predicted molar refractivity (Wildman–Crippen MR) is 47.7 cm³/mol. The van der Waals surface area contributed by atoms with Gasteiger partial charge in [0.2, 0.25) is 0 Å². The van der Waals surface area contributed by atoms with Gasteiger partial charge in [0.05, 0.1) is 0 Å². The van der Waals surface area contributed by atoms with Crippen LogP contribution in [-0.4, -0.2) is 5.33 Å². The van der Waals surface area contributed by atoms with E-state index in [0.29, 0.717) is 0 Å². The minimum absolute atomic E-state index is 0.896. The van der Waals surface area contributed by atoms with Crippen LogP contribution in [0.2, 0.25) is 0 Å². The smallest absolute Gasteiger partial charge is 0.0209 e. The third-order valence-electron chi connectivity index (χ3n) is 0.109. The lowest BCUT2D eigenvalue weighted by atomic mass is 10.8. The quantitative estimate of drug-likeness (QED) is 0.487. The molecule has 0 N–H and O–H groups in total. The number of rotatable bonds is 1. The highest BCUT2D eigenvalue weighted by atomic mass is 79.9. The fraction of sp³-hybridized carbons (Fsp3) is 0.333. The Labute approximate surface area is 67.9 Å². The van der Waals surface area contributed by atoms with Crippen molar-refractivity contribution >= 4 is 31.9 Å². The standard InChI is InChI=1S/2C3H5Br/c1-3(2)4;1-2-3-4/h1H2,2H3;2H,1,3H2. The summed E-state index contributed by atoms with van der Waals surface area (Å²) in [6.07, 6.45) is 1.79. The van der Waals surface area contributed by atoms with Gasteiger partial charge in [-0.1, -0.05) is 44.5 Å². The van der Waals surface area contributed by atoms with Crippen molar-refractivity contribution in [3.63, 3.8) is 0 Å². The topological polar surface area (TPSA) is 0 Å². The average Bonchev–Trinajstić information content (AvgIpc) is 1.65. The van der Waals surface area contributed by atoms with Gasteiger partial charge in [-0.05, 0) is 11.4 Å². The van der Waals surface area contributed by atoms with Crippen molar-refractivity contribution in [3.05, 3.63) is 23.7 Å². The highest BCUT2D eigenvalue weighted by Crippen LogP contribution is 1.93. The molecule has 0 bridgehead atoms. The highest BCUT2D eigenvalue weighted by molar-refractivity contribution is 9.11.